The molecule has 5 rings (SSSR count). The van der Waals surface area contributed by atoms with E-state index in [0.717, 1.165) is 32.5 Å². The molecule has 3 nitrogen and oxygen atoms in total. The van der Waals surface area contributed by atoms with Crippen LogP contribution in [0.4, 0.5) is 8.78 Å². The van der Waals surface area contributed by atoms with Crippen LogP contribution >= 0.6 is 11.8 Å². The molecular weight excluding hydrogens is 532 g/mol. The van der Waals surface area contributed by atoms with Gasteiger partial charge in [-0.05, 0) is 102 Å². The number of halogens is 2. The summed E-state index contributed by atoms with van der Waals surface area (Å²) in [5.41, 5.74) is 5.52. The van der Waals surface area contributed by atoms with Gasteiger partial charge in [-0.15, -0.1) is 11.8 Å². The van der Waals surface area contributed by atoms with Gasteiger partial charge >= 0.3 is 0 Å². The molecule has 5 aromatic rings. The van der Waals surface area contributed by atoms with Crippen LogP contribution in [0.5, 0.6) is 0 Å². The van der Waals surface area contributed by atoms with Crippen molar-refractivity contribution in [3.63, 3.8) is 0 Å². The van der Waals surface area contributed by atoms with E-state index < -0.39 is 26.2 Å². The summed E-state index contributed by atoms with van der Waals surface area (Å²) in [7, 11) is -3.42. The predicted octanol–water partition coefficient (Wildman–Crippen LogP) is 8.52. The number of nitrogens with zero attached hydrogens (tertiary/aromatic N) is 1. The molecule has 0 radical (unpaired) electrons. The molecule has 0 unspecified atom stereocenters. The summed E-state index contributed by atoms with van der Waals surface area (Å²) in [6, 6.07) is 25.2. The van der Waals surface area contributed by atoms with Crippen LogP contribution in [0.1, 0.15) is 19.4 Å². The summed E-state index contributed by atoms with van der Waals surface area (Å²) in [6.45, 7) is 3.38. The van der Waals surface area contributed by atoms with Crippen LogP contribution < -0.4 is 0 Å². The Morgan fingerprint density at radius 2 is 1.36 bits per heavy atom. The number of thioether (sulfide) groups is 1. The lowest BCUT2D eigenvalue weighted by Crippen LogP contribution is -2.28. The zero-order valence-corrected chi connectivity index (χ0v) is 23.6. The van der Waals surface area contributed by atoms with Gasteiger partial charge in [0, 0.05) is 28.3 Å². The van der Waals surface area contributed by atoms with Crippen molar-refractivity contribution in [3.8, 4) is 33.4 Å². The Balaban J connectivity index is 1.72. The molecule has 0 aliphatic heterocycles. The van der Waals surface area contributed by atoms with Gasteiger partial charge in [0.15, 0.2) is 21.5 Å². The third-order valence-electron chi connectivity index (χ3n) is 7.27. The fourth-order valence-electron chi connectivity index (χ4n) is 4.62. The maximum Gasteiger partial charge on any atom is 0.159 e. The Morgan fingerprint density at radius 1 is 0.744 bits per heavy atom. The first-order valence-corrected chi connectivity index (χ1v) is 15.4. The first-order valence-electron chi connectivity index (χ1n) is 12.3. The highest BCUT2D eigenvalue weighted by Gasteiger charge is 2.33. The second-order valence-electron chi connectivity index (χ2n) is 10.0. The average Bonchev–Trinajstić information content (AvgIpc) is 2.93. The Hall–Kier alpha value is -3.55. The number of hydrogen-bond acceptors (Lipinski definition) is 4. The van der Waals surface area contributed by atoms with Gasteiger partial charge in [-0.1, -0.05) is 36.4 Å². The maximum atomic E-state index is 14.6. The van der Waals surface area contributed by atoms with E-state index in [4.69, 9.17) is 0 Å². The van der Waals surface area contributed by atoms with Crippen molar-refractivity contribution in [1.29, 1.82) is 0 Å². The van der Waals surface area contributed by atoms with Crippen molar-refractivity contribution < 1.29 is 17.2 Å². The lowest BCUT2D eigenvalue weighted by Gasteiger charge is -2.24. The normalized spacial score (nSPS) is 12.2. The third-order valence-corrected chi connectivity index (χ3v) is 10.1. The number of sulfone groups is 1. The summed E-state index contributed by atoms with van der Waals surface area (Å²) in [5.74, 6) is -1.84. The Morgan fingerprint density at radius 3 is 1.97 bits per heavy atom. The monoisotopic (exact) mass is 559 g/mol. The lowest BCUT2D eigenvalue weighted by molar-refractivity contribution is 0.509. The fourth-order valence-corrected chi connectivity index (χ4v) is 5.58. The molecule has 0 saturated carbocycles. The summed E-state index contributed by atoms with van der Waals surface area (Å²) in [6.07, 6.45) is 4.91. The molecule has 0 N–H and O–H groups in total. The van der Waals surface area contributed by atoms with Crippen molar-refractivity contribution >= 4 is 32.5 Å². The van der Waals surface area contributed by atoms with Crippen LogP contribution in [0.3, 0.4) is 0 Å². The minimum Gasteiger partial charge on any atom is -0.256 e. The summed E-state index contributed by atoms with van der Waals surface area (Å²) >= 11 is 1.61. The van der Waals surface area contributed by atoms with E-state index >= 15 is 0 Å². The van der Waals surface area contributed by atoms with Crippen LogP contribution in [0, 0.1) is 11.6 Å². The van der Waals surface area contributed by atoms with Gasteiger partial charge in [0.1, 0.15) is 0 Å². The molecule has 0 bridgehead atoms. The smallest absolute Gasteiger partial charge is 0.159 e. The fraction of sp³-hybridized carbons (Fsp3) is 0.156. The van der Waals surface area contributed by atoms with Crippen molar-refractivity contribution in [1.82, 2.24) is 4.98 Å². The molecule has 0 spiro atoms. The second kappa shape index (κ2) is 10.2. The summed E-state index contributed by atoms with van der Waals surface area (Å²) < 4.78 is 53.2. The van der Waals surface area contributed by atoms with Crippen molar-refractivity contribution in [2.24, 2.45) is 0 Å². The van der Waals surface area contributed by atoms with Crippen molar-refractivity contribution in [3.05, 3.63) is 108 Å². The number of aromatic nitrogens is 1. The van der Waals surface area contributed by atoms with E-state index in [1.165, 1.54) is 18.4 Å². The molecule has 1 heterocycles. The molecule has 0 atom stereocenters. The highest BCUT2D eigenvalue weighted by molar-refractivity contribution is 7.98. The highest BCUT2D eigenvalue weighted by Crippen LogP contribution is 2.39. The quantitative estimate of drug-likeness (QED) is 0.196. The topological polar surface area (TPSA) is 47.0 Å². The second-order valence-corrected chi connectivity index (χ2v) is 13.4. The minimum atomic E-state index is -3.42. The largest absolute Gasteiger partial charge is 0.256 e. The van der Waals surface area contributed by atoms with Crippen molar-refractivity contribution in [2.45, 2.75) is 23.5 Å². The number of pyridine rings is 1. The predicted molar refractivity (Wildman–Crippen MR) is 158 cm³/mol. The number of fused-ring (bicyclic) bond motifs is 1. The molecule has 0 saturated heterocycles. The lowest BCUT2D eigenvalue weighted by atomic mass is 9.90. The maximum absolute atomic E-state index is 14.6. The van der Waals surface area contributed by atoms with Gasteiger partial charge in [0.25, 0.3) is 0 Å². The molecule has 0 aliphatic carbocycles. The third kappa shape index (κ3) is 5.09. The molecule has 0 aliphatic rings. The van der Waals surface area contributed by atoms with Crippen LogP contribution in [0.2, 0.25) is 0 Å². The number of rotatable bonds is 6. The van der Waals surface area contributed by atoms with Gasteiger partial charge in [-0.2, -0.15) is 0 Å². The standard InChI is InChI=1S/C32H27F2NO2S2/c1-32(2,39(4,36)37)24-16-23-9-6-14-35-31(23)28(17-24)22-8-5-7-21(15-22)27-19-30(34)29(33)18-26(27)20-10-12-25(38-3)13-11-20/h5-19H,1-4H3. The molecule has 0 fully saturated rings. The molecule has 0 amide bonds. The average molecular weight is 560 g/mol. The summed E-state index contributed by atoms with van der Waals surface area (Å²) in [5, 5.41) is 0.814. The molecule has 39 heavy (non-hydrogen) atoms. The van der Waals surface area contributed by atoms with E-state index in [2.05, 4.69) is 4.98 Å². The number of hydrogen-bond donors (Lipinski definition) is 0. The number of benzene rings is 4. The Bertz CT molecular complexity index is 1820. The van der Waals surface area contributed by atoms with Crippen LogP contribution in [-0.4, -0.2) is 25.9 Å². The van der Waals surface area contributed by atoms with E-state index in [-0.39, 0.29) is 0 Å². The van der Waals surface area contributed by atoms with Gasteiger partial charge in [-0.3, -0.25) is 4.98 Å². The highest BCUT2D eigenvalue weighted by atomic mass is 32.2. The van der Waals surface area contributed by atoms with E-state index in [0.29, 0.717) is 22.3 Å². The van der Waals surface area contributed by atoms with Crippen molar-refractivity contribution in [2.75, 3.05) is 12.5 Å². The van der Waals surface area contributed by atoms with Crippen LogP contribution in [0.25, 0.3) is 44.3 Å². The zero-order chi connectivity index (χ0) is 27.9. The first kappa shape index (κ1) is 27.0. The van der Waals surface area contributed by atoms with Gasteiger partial charge in [-0.25, -0.2) is 17.2 Å². The molecule has 4 aromatic carbocycles. The van der Waals surface area contributed by atoms with Gasteiger partial charge < -0.3 is 0 Å². The first-order chi connectivity index (χ1) is 18.5. The van der Waals surface area contributed by atoms with E-state index in [9.17, 15) is 17.2 Å². The minimum absolute atomic E-state index is 0.553. The molecular formula is C32H27F2NO2S2. The van der Waals surface area contributed by atoms with Crippen LogP contribution in [0.15, 0.2) is 96.0 Å². The molecule has 7 heteroatoms. The SMILES string of the molecule is CSc1ccc(-c2cc(F)c(F)cc2-c2cccc(-c3cc(C(C)(C)S(C)(=O)=O)cc4cccnc34)c2)cc1. The Kier molecular flexibility index (Phi) is 7.08. The molecule has 198 valence electrons. The van der Waals surface area contributed by atoms with E-state index in [1.807, 2.05) is 79.1 Å². The van der Waals surface area contributed by atoms with E-state index in [1.54, 1.807) is 31.8 Å². The molecule has 1 aromatic heterocycles. The van der Waals surface area contributed by atoms with Crippen LogP contribution in [-0.2, 0) is 14.6 Å². The van der Waals surface area contributed by atoms with Gasteiger partial charge in [0.05, 0.1) is 10.3 Å². The van der Waals surface area contributed by atoms with Gasteiger partial charge in [0.2, 0.25) is 0 Å². The Labute approximate surface area is 231 Å². The summed E-state index contributed by atoms with van der Waals surface area (Å²) in [4.78, 5) is 5.66. The zero-order valence-electron chi connectivity index (χ0n) is 22.0.